The van der Waals surface area contributed by atoms with Gasteiger partial charge >= 0.3 is 0 Å². The normalized spacial score (nSPS) is 16.4. The molecule has 2 heterocycles. The quantitative estimate of drug-likeness (QED) is 0.884. The molecule has 3 rings (SSSR count). The minimum atomic E-state index is -3.57. The van der Waals surface area contributed by atoms with Gasteiger partial charge in [0, 0.05) is 24.0 Å². The molecule has 25 heavy (non-hydrogen) atoms. The molecule has 1 aliphatic rings. The maximum absolute atomic E-state index is 12.9. The molecule has 1 aromatic carbocycles. The van der Waals surface area contributed by atoms with E-state index < -0.39 is 10.0 Å². The third-order valence-electron chi connectivity index (χ3n) is 4.14. The van der Waals surface area contributed by atoms with E-state index in [1.54, 1.807) is 18.2 Å². The number of carbonyl (C=O) groups is 1. The largest absolute Gasteiger partial charge is 0.298 e. The van der Waals surface area contributed by atoms with Gasteiger partial charge in [-0.1, -0.05) is 18.9 Å². The standard InChI is InChI=1S/C17H21N3O3S2/c1-13-12-24-17(18-13)19-16(21)14-7-6-8-15(11-14)25(22,23)20-9-4-2-3-5-10-20/h6-8,11-12H,2-5,9-10H2,1H3,(H,18,19,21). The lowest BCUT2D eigenvalue weighted by Gasteiger charge is -2.20. The minimum absolute atomic E-state index is 0.164. The van der Waals surface area contributed by atoms with Gasteiger partial charge in [-0.3, -0.25) is 10.1 Å². The Balaban J connectivity index is 1.81. The smallest absolute Gasteiger partial charge is 0.257 e. The Bertz CT molecular complexity index is 854. The van der Waals surface area contributed by atoms with E-state index in [1.807, 2.05) is 12.3 Å². The van der Waals surface area contributed by atoms with Crippen LogP contribution < -0.4 is 5.32 Å². The van der Waals surface area contributed by atoms with E-state index in [-0.39, 0.29) is 10.8 Å². The molecular formula is C17H21N3O3S2. The number of thiazole rings is 1. The Kier molecular flexibility index (Phi) is 5.51. The number of aryl methyl sites for hydroxylation is 1. The number of nitrogens with zero attached hydrogens (tertiary/aromatic N) is 2. The van der Waals surface area contributed by atoms with Gasteiger partial charge in [0.2, 0.25) is 10.0 Å². The number of nitrogens with one attached hydrogen (secondary N) is 1. The molecule has 2 aromatic rings. The first-order chi connectivity index (χ1) is 12.0. The highest BCUT2D eigenvalue weighted by atomic mass is 32.2. The number of sulfonamides is 1. The first-order valence-corrected chi connectivity index (χ1v) is 10.6. The van der Waals surface area contributed by atoms with Gasteiger partial charge in [0.05, 0.1) is 10.6 Å². The second-order valence-electron chi connectivity index (χ2n) is 6.09. The Hall–Kier alpha value is -1.77. The van der Waals surface area contributed by atoms with Crippen molar-refractivity contribution in [2.45, 2.75) is 37.5 Å². The fourth-order valence-corrected chi connectivity index (χ4v) is 5.06. The van der Waals surface area contributed by atoms with Crippen molar-refractivity contribution in [3.8, 4) is 0 Å². The van der Waals surface area contributed by atoms with Crippen LogP contribution in [0.2, 0.25) is 0 Å². The van der Waals surface area contributed by atoms with Gasteiger partial charge < -0.3 is 0 Å². The number of anilines is 1. The first-order valence-electron chi connectivity index (χ1n) is 8.30. The predicted molar refractivity (Wildman–Crippen MR) is 98.5 cm³/mol. The van der Waals surface area contributed by atoms with Crippen LogP contribution in [-0.2, 0) is 10.0 Å². The summed E-state index contributed by atoms with van der Waals surface area (Å²) in [7, 11) is -3.57. The van der Waals surface area contributed by atoms with Crippen LogP contribution in [0.1, 0.15) is 41.7 Å². The van der Waals surface area contributed by atoms with Crippen molar-refractivity contribution in [1.29, 1.82) is 0 Å². The van der Waals surface area contributed by atoms with Crippen LogP contribution >= 0.6 is 11.3 Å². The van der Waals surface area contributed by atoms with Crippen LogP contribution in [0.3, 0.4) is 0 Å². The van der Waals surface area contributed by atoms with Crippen LogP contribution in [0.25, 0.3) is 0 Å². The van der Waals surface area contributed by atoms with Crippen LogP contribution in [0.5, 0.6) is 0 Å². The van der Waals surface area contributed by atoms with Crippen molar-refractivity contribution in [3.63, 3.8) is 0 Å². The van der Waals surface area contributed by atoms with E-state index in [4.69, 9.17) is 0 Å². The average Bonchev–Trinajstić information content (AvgIpc) is 2.85. The van der Waals surface area contributed by atoms with Crippen LogP contribution in [-0.4, -0.2) is 36.7 Å². The van der Waals surface area contributed by atoms with Crippen molar-refractivity contribution in [1.82, 2.24) is 9.29 Å². The maximum atomic E-state index is 12.9. The highest BCUT2D eigenvalue weighted by molar-refractivity contribution is 7.89. The molecule has 1 amide bonds. The summed E-state index contributed by atoms with van der Waals surface area (Å²) in [5.41, 5.74) is 1.14. The first kappa shape index (κ1) is 18.0. The van der Waals surface area contributed by atoms with E-state index >= 15 is 0 Å². The summed E-state index contributed by atoms with van der Waals surface area (Å²) < 4.78 is 27.2. The molecule has 0 bridgehead atoms. The van der Waals surface area contributed by atoms with E-state index in [1.165, 1.54) is 21.7 Å². The molecule has 1 fully saturated rings. The molecule has 0 radical (unpaired) electrons. The number of amides is 1. The number of rotatable bonds is 4. The topological polar surface area (TPSA) is 79.4 Å². The summed E-state index contributed by atoms with van der Waals surface area (Å²) in [6.07, 6.45) is 3.87. The Morgan fingerprint density at radius 1 is 1.20 bits per heavy atom. The third-order valence-corrected chi connectivity index (χ3v) is 6.91. The number of aromatic nitrogens is 1. The molecule has 0 aliphatic carbocycles. The third kappa shape index (κ3) is 4.26. The maximum Gasteiger partial charge on any atom is 0.257 e. The molecule has 134 valence electrons. The van der Waals surface area contributed by atoms with Gasteiger partial charge in [0.15, 0.2) is 5.13 Å². The summed E-state index contributed by atoms with van der Waals surface area (Å²) in [6, 6.07) is 6.20. The molecule has 0 spiro atoms. The molecule has 0 unspecified atom stereocenters. The molecule has 0 atom stereocenters. The van der Waals surface area contributed by atoms with Gasteiger partial charge in [-0.15, -0.1) is 11.3 Å². The minimum Gasteiger partial charge on any atom is -0.298 e. The molecule has 1 aliphatic heterocycles. The SMILES string of the molecule is Cc1csc(NC(=O)c2cccc(S(=O)(=O)N3CCCCCC3)c2)n1. The van der Waals surface area contributed by atoms with Gasteiger partial charge in [-0.05, 0) is 38.0 Å². The van der Waals surface area contributed by atoms with Crippen LogP contribution in [0.15, 0.2) is 34.5 Å². The zero-order chi connectivity index (χ0) is 17.9. The lowest BCUT2D eigenvalue weighted by atomic mass is 10.2. The van der Waals surface area contributed by atoms with Gasteiger partial charge in [-0.2, -0.15) is 4.31 Å². The highest BCUT2D eigenvalue weighted by Crippen LogP contribution is 2.22. The summed E-state index contributed by atoms with van der Waals surface area (Å²) in [5.74, 6) is -0.359. The second-order valence-corrected chi connectivity index (χ2v) is 8.89. The summed E-state index contributed by atoms with van der Waals surface area (Å²) >= 11 is 1.34. The predicted octanol–water partition coefficient (Wildman–Crippen LogP) is 3.27. The van der Waals surface area contributed by atoms with Gasteiger partial charge in [0.1, 0.15) is 0 Å². The number of hydrogen-bond acceptors (Lipinski definition) is 5. The lowest BCUT2D eigenvalue weighted by Crippen LogP contribution is -2.32. The van der Waals surface area contributed by atoms with Crippen molar-refractivity contribution >= 4 is 32.4 Å². The Labute approximate surface area is 151 Å². The molecule has 1 aromatic heterocycles. The summed E-state index contributed by atoms with van der Waals surface area (Å²) in [5, 5.41) is 5.05. The number of benzene rings is 1. The number of carbonyl (C=O) groups excluding carboxylic acids is 1. The van der Waals surface area contributed by atoms with Gasteiger partial charge in [0.25, 0.3) is 5.91 Å². The fourth-order valence-electron chi connectivity index (χ4n) is 2.81. The van der Waals surface area contributed by atoms with E-state index in [0.29, 0.717) is 23.8 Å². The van der Waals surface area contributed by atoms with Crippen molar-refractivity contribution in [3.05, 3.63) is 40.9 Å². The fraction of sp³-hybridized carbons (Fsp3) is 0.412. The van der Waals surface area contributed by atoms with Crippen LogP contribution in [0, 0.1) is 6.92 Å². The Morgan fingerprint density at radius 2 is 1.92 bits per heavy atom. The summed E-state index contributed by atoms with van der Waals surface area (Å²) in [4.78, 5) is 16.7. The molecule has 1 N–H and O–H groups in total. The molecule has 8 heteroatoms. The van der Waals surface area contributed by atoms with Crippen molar-refractivity contribution in [2.75, 3.05) is 18.4 Å². The van der Waals surface area contributed by atoms with E-state index in [2.05, 4.69) is 10.3 Å². The summed E-state index contributed by atoms with van der Waals surface area (Å²) in [6.45, 7) is 2.93. The zero-order valence-corrected chi connectivity index (χ0v) is 15.7. The van der Waals surface area contributed by atoms with Crippen molar-refractivity contribution < 1.29 is 13.2 Å². The van der Waals surface area contributed by atoms with Crippen LogP contribution in [0.4, 0.5) is 5.13 Å². The van der Waals surface area contributed by atoms with E-state index in [9.17, 15) is 13.2 Å². The second kappa shape index (κ2) is 7.63. The molecule has 1 saturated heterocycles. The average molecular weight is 380 g/mol. The zero-order valence-electron chi connectivity index (χ0n) is 14.1. The molecular weight excluding hydrogens is 358 g/mol. The Morgan fingerprint density at radius 3 is 2.56 bits per heavy atom. The molecule has 0 saturated carbocycles. The van der Waals surface area contributed by atoms with Crippen molar-refractivity contribution in [2.24, 2.45) is 0 Å². The monoisotopic (exact) mass is 379 g/mol. The lowest BCUT2D eigenvalue weighted by molar-refractivity contribution is 0.102. The van der Waals surface area contributed by atoms with Gasteiger partial charge in [-0.25, -0.2) is 13.4 Å². The number of hydrogen-bond donors (Lipinski definition) is 1. The van der Waals surface area contributed by atoms with E-state index in [0.717, 1.165) is 31.4 Å². The molecule has 6 nitrogen and oxygen atoms in total. The highest BCUT2D eigenvalue weighted by Gasteiger charge is 2.25.